The maximum atomic E-state index is 13.4. The molecule has 1 aliphatic heterocycles. The number of anilines is 1. The van der Waals surface area contributed by atoms with Crippen LogP contribution in [0.1, 0.15) is 22.3 Å². The number of hydrogen-bond acceptors (Lipinski definition) is 6. The minimum absolute atomic E-state index is 0.0451. The van der Waals surface area contributed by atoms with Gasteiger partial charge in [-0.25, -0.2) is 4.99 Å². The first-order valence-electron chi connectivity index (χ1n) is 10.6. The summed E-state index contributed by atoms with van der Waals surface area (Å²) in [7, 11) is 1.61. The van der Waals surface area contributed by atoms with E-state index in [-0.39, 0.29) is 11.6 Å². The Bertz CT molecular complexity index is 1280. The highest BCUT2D eigenvalue weighted by Crippen LogP contribution is 2.32. The Morgan fingerprint density at radius 3 is 2.26 bits per heavy atom. The van der Waals surface area contributed by atoms with Crippen molar-refractivity contribution in [1.82, 2.24) is 0 Å². The fourth-order valence-corrected chi connectivity index (χ4v) is 4.59. The molecule has 0 saturated carbocycles. The van der Waals surface area contributed by atoms with Gasteiger partial charge < -0.3 is 4.74 Å². The summed E-state index contributed by atoms with van der Waals surface area (Å²) in [6.07, 6.45) is 1.76. The van der Waals surface area contributed by atoms with Crippen LogP contribution in [-0.2, 0) is 10.5 Å². The largest absolute Gasteiger partial charge is 0.497 e. The monoisotopic (exact) mass is 473 g/mol. The molecule has 0 aliphatic carbocycles. The molecule has 7 nitrogen and oxygen atoms in total. The molecule has 4 rings (SSSR count). The SMILES string of the molecule is COc1ccc(/C=C2\N=C(SCc3ccc([N+](=O)[O-])cc3)N(c3cc(C)cc(C)c3)C2=O)cc1. The van der Waals surface area contributed by atoms with Crippen molar-refractivity contribution in [3.8, 4) is 5.75 Å². The molecule has 0 spiro atoms. The van der Waals surface area contributed by atoms with Crippen molar-refractivity contribution in [2.75, 3.05) is 12.0 Å². The van der Waals surface area contributed by atoms with Gasteiger partial charge in [0.1, 0.15) is 11.4 Å². The number of benzene rings is 3. The quantitative estimate of drug-likeness (QED) is 0.253. The van der Waals surface area contributed by atoms with Gasteiger partial charge in [-0.15, -0.1) is 0 Å². The minimum atomic E-state index is -0.422. The van der Waals surface area contributed by atoms with Crippen LogP contribution in [0.5, 0.6) is 5.75 Å². The number of rotatable bonds is 6. The van der Waals surface area contributed by atoms with Crippen LogP contribution in [0.15, 0.2) is 77.4 Å². The lowest BCUT2D eigenvalue weighted by atomic mass is 10.1. The van der Waals surface area contributed by atoms with Crippen LogP contribution < -0.4 is 9.64 Å². The molecule has 0 bridgehead atoms. The normalized spacial score (nSPS) is 14.4. The zero-order valence-electron chi connectivity index (χ0n) is 19.0. The first-order valence-corrected chi connectivity index (χ1v) is 11.6. The van der Waals surface area contributed by atoms with Crippen LogP contribution in [0.3, 0.4) is 0 Å². The molecule has 0 atom stereocenters. The van der Waals surface area contributed by atoms with Crippen molar-refractivity contribution in [3.63, 3.8) is 0 Å². The van der Waals surface area contributed by atoms with Gasteiger partial charge in [-0.3, -0.25) is 19.8 Å². The molecule has 172 valence electrons. The molecule has 0 radical (unpaired) electrons. The van der Waals surface area contributed by atoms with Crippen molar-refractivity contribution in [3.05, 3.63) is 105 Å². The summed E-state index contributed by atoms with van der Waals surface area (Å²) in [4.78, 5) is 30.2. The van der Waals surface area contributed by atoms with Crippen LogP contribution in [0.4, 0.5) is 11.4 Å². The first-order chi connectivity index (χ1) is 16.3. The van der Waals surface area contributed by atoms with Gasteiger partial charge in [-0.1, -0.05) is 42.1 Å². The van der Waals surface area contributed by atoms with Crippen LogP contribution in [0.2, 0.25) is 0 Å². The average molecular weight is 474 g/mol. The van der Waals surface area contributed by atoms with E-state index < -0.39 is 4.92 Å². The number of aryl methyl sites for hydroxylation is 2. The number of carbonyl (C=O) groups excluding carboxylic acids is 1. The number of nitro groups is 1. The van der Waals surface area contributed by atoms with Crippen LogP contribution in [0.25, 0.3) is 6.08 Å². The van der Waals surface area contributed by atoms with Crippen LogP contribution in [0, 0.1) is 24.0 Å². The lowest BCUT2D eigenvalue weighted by molar-refractivity contribution is -0.384. The summed E-state index contributed by atoms with van der Waals surface area (Å²) in [6.45, 7) is 3.98. The molecule has 3 aromatic carbocycles. The molecular formula is C26H23N3O4S. The second-order valence-electron chi connectivity index (χ2n) is 7.90. The van der Waals surface area contributed by atoms with Crippen molar-refractivity contribution >= 4 is 40.3 Å². The Labute approximate surface area is 201 Å². The third kappa shape index (κ3) is 5.18. The highest BCUT2D eigenvalue weighted by molar-refractivity contribution is 8.13. The van der Waals surface area contributed by atoms with E-state index >= 15 is 0 Å². The molecule has 1 heterocycles. The van der Waals surface area contributed by atoms with Crippen molar-refractivity contribution in [1.29, 1.82) is 0 Å². The van der Waals surface area contributed by atoms with Gasteiger partial charge in [-0.2, -0.15) is 0 Å². The van der Waals surface area contributed by atoms with E-state index in [0.717, 1.165) is 33.7 Å². The number of hydrogen-bond donors (Lipinski definition) is 0. The summed E-state index contributed by atoms with van der Waals surface area (Å²) in [5.41, 5.74) is 4.99. The van der Waals surface area contributed by atoms with Gasteiger partial charge >= 0.3 is 0 Å². The highest BCUT2D eigenvalue weighted by atomic mass is 32.2. The number of thioether (sulfide) groups is 1. The van der Waals surface area contributed by atoms with E-state index in [0.29, 0.717) is 16.6 Å². The molecule has 34 heavy (non-hydrogen) atoms. The zero-order chi connectivity index (χ0) is 24.2. The number of amides is 1. The Hall–Kier alpha value is -3.91. The Kier molecular flexibility index (Phi) is 6.79. The van der Waals surface area contributed by atoms with E-state index in [1.54, 1.807) is 30.2 Å². The number of non-ortho nitro benzene ring substituents is 1. The van der Waals surface area contributed by atoms with E-state index in [4.69, 9.17) is 4.74 Å². The van der Waals surface area contributed by atoms with Crippen molar-refractivity contribution < 1.29 is 14.5 Å². The molecule has 0 saturated heterocycles. The molecule has 0 unspecified atom stereocenters. The molecular weight excluding hydrogens is 450 g/mol. The first kappa shape index (κ1) is 23.3. The fraction of sp³-hybridized carbons (Fsp3) is 0.154. The minimum Gasteiger partial charge on any atom is -0.497 e. The number of ether oxygens (including phenoxy) is 1. The van der Waals surface area contributed by atoms with Crippen molar-refractivity contribution in [2.45, 2.75) is 19.6 Å². The number of amidine groups is 1. The molecule has 1 amide bonds. The van der Waals surface area contributed by atoms with E-state index in [2.05, 4.69) is 11.1 Å². The van der Waals surface area contributed by atoms with Gasteiger partial charge in [0, 0.05) is 17.9 Å². The summed E-state index contributed by atoms with van der Waals surface area (Å²) in [6, 6.07) is 19.8. The number of aliphatic imine (C=N–C) groups is 1. The standard InChI is InChI=1S/C26H23N3O4S/c1-17-12-18(2)14-22(13-17)28-25(30)24(15-19-6-10-23(33-3)11-7-19)27-26(28)34-16-20-4-8-21(9-5-20)29(31)32/h4-15H,16H2,1-3H3/b24-15-. The van der Waals surface area contributed by atoms with E-state index in [9.17, 15) is 14.9 Å². The second kappa shape index (κ2) is 9.93. The Morgan fingerprint density at radius 2 is 1.68 bits per heavy atom. The maximum absolute atomic E-state index is 13.4. The van der Waals surface area contributed by atoms with Crippen LogP contribution >= 0.6 is 11.8 Å². The zero-order valence-corrected chi connectivity index (χ0v) is 19.8. The van der Waals surface area contributed by atoms with Crippen molar-refractivity contribution in [2.24, 2.45) is 4.99 Å². The maximum Gasteiger partial charge on any atom is 0.283 e. The lowest BCUT2D eigenvalue weighted by Gasteiger charge is -2.19. The summed E-state index contributed by atoms with van der Waals surface area (Å²) >= 11 is 1.41. The van der Waals surface area contributed by atoms with Crippen LogP contribution in [-0.4, -0.2) is 23.1 Å². The summed E-state index contributed by atoms with van der Waals surface area (Å²) in [5.74, 6) is 1.05. The Balaban J connectivity index is 1.65. The fourth-order valence-electron chi connectivity index (χ4n) is 3.62. The van der Waals surface area contributed by atoms with Gasteiger partial charge in [0.2, 0.25) is 0 Å². The highest BCUT2D eigenvalue weighted by Gasteiger charge is 2.32. The summed E-state index contributed by atoms with van der Waals surface area (Å²) in [5, 5.41) is 11.5. The molecule has 0 N–H and O–H groups in total. The third-order valence-electron chi connectivity index (χ3n) is 5.23. The second-order valence-corrected chi connectivity index (χ2v) is 8.84. The average Bonchev–Trinajstić information content (AvgIpc) is 3.12. The molecule has 0 fully saturated rings. The third-order valence-corrected chi connectivity index (χ3v) is 6.24. The van der Waals surface area contributed by atoms with E-state index in [1.807, 2.05) is 50.2 Å². The molecule has 8 heteroatoms. The molecule has 3 aromatic rings. The number of carbonyl (C=O) groups is 1. The number of nitrogens with zero attached hydrogens (tertiary/aromatic N) is 3. The molecule has 1 aliphatic rings. The van der Waals surface area contributed by atoms with E-state index in [1.165, 1.54) is 23.9 Å². The predicted molar refractivity (Wildman–Crippen MR) is 136 cm³/mol. The molecule has 0 aromatic heterocycles. The predicted octanol–water partition coefficient (Wildman–Crippen LogP) is 5.90. The smallest absolute Gasteiger partial charge is 0.283 e. The van der Waals surface area contributed by atoms with Gasteiger partial charge in [0.25, 0.3) is 11.6 Å². The lowest BCUT2D eigenvalue weighted by Crippen LogP contribution is -2.30. The number of methoxy groups -OCH3 is 1. The van der Waals surface area contributed by atoms with Gasteiger partial charge in [0.05, 0.1) is 17.7 Å². The number of nitro benzene ring substituents is 1. The Morgan fingerprint density at radius 1 is 1.03 bits per heavy atom. The summed E-state index contributed by atoms with van der Waals surface area (Å²) < 4.78 is 5.20. The topological polar surface area (TPSA) is 85.0 Å². The van der Waals surface area contributed by atoms with Gasteiger partial charge in [0.15, 0.2) is 5.17 Å². The van der Waals surface area contributed by atoms with Gasteiger partial charge in [-0.05, 0) is 66.4 Å².